The lowest BCUT2D eigenvalue weighted by molar-refractivity contribution is -0.385. The Morgan fingerprint density at radius 1 is 1.53 bits per heavy atom. The molecule has 1 aromatic rings. The highest BCUT2D eigenvalue weighted by atomic mass is 32.2. The number of thioether (sulfide) groups is 1. The fourth-order valence-electron chi connectivity index (χ4n) is 1.21. The molecule has 1 aromatic carbocycles. The number of nitrogens with two attached hydrogens (primary N) is 1. The lowest BCUT2D eigenvalue weighted by Gasteiger charge is -2.06. The van der Waals surface area contributed by atoms with Gasteiger partial charge in [-0.25, -0.2) is 5.48 Å². The van der Waals surface area contributed by atoms with Crippen molar-refractivity contribution in [2.45, 2.75) is 4.90 Å². The topological polar surface area (TPSA) is 125 Å². The number of nitrogens with zero attached hydrogens (tertiary/aromatic N) is 1. The van der Waals surface area contributed by atoms with Crippen molar-refractivity contribution in [3.8, 4) is 0 Å². The molecule has 0 heterocycles. The van der Waals surface area contributed by atoms with Crippen molar-refractivity contribution in [3.63, 3.8) is 0 Å². The molecule has 0 radical (unpaired) electrons. The largest absolute Gasteiger partial charge is 0.368 e. The van der Waals surface area contributed by atoms with Crippen LogP contribution >= 0.6 is 11.8 Å². The van der Waals surface area contributed by atoms with Crippen molar-refractivity contribution in [2.24, 2.45) is 5.73 Å². The predicted molar refractivity (Wildman–Crippen MR) is 67.5 cm³/mol. The molecule has 0 aliphatic heterocycles. The minimum Gasteiger partial charge on any atom is -0.368 e. The molecular formula is C10H11N3O5S. The van der Waals surface area contributed by atoms with Crippen LogP contribution in [-0.2, 0) is 9.63 Å². The number of hydrogen-bond donors (Lipinski definition) is 2. The van der Waals surface area contributed by atoms with Gasteiger partial charge in [0.2, 0.25) is 5.91 Å². The zero-order valence-corrected chi connectivity index (χ0v) is 10.7. The van der Waals surface area contributed by atoms with Gasteiger partial charge in [0.25, 0.3) is 11.6 Å². The molecule has 0 aliphatic carbocycles. The van der Waals surface area contributed by atoms with E-state index in [1.165, 1.54) is 30.0 Å². The van der Waals surface area contributed by atoms with Gasteiger partial charge < -0.3 is 5.73 Å². The molecule has 102 valence electrons. The van der Waals surface area contributed by atoms with Crippen LogP contribution in [0.4, 0.5) is 5.69 Å². The van der Waals surface area contributed by atoms with E-state index in [4.69, 9.17) is 5.73 Å². The first-order chi connectivity index (χ1) is 8.95. The fraction of sp³-hybridized carbons (Fsp3) is 0.200. The average molecular weight is 285 g/mol. The van der Waals surface area contributed by atoms with Crippen molar-refractivity contribution in [1.82, 2.24) is 5.48 Å². The van der Waals surface area contributed by atoms with E-state index in [1.54, 1.807) is 6.26 Å². The molecule has 2 amide bonds. The highest BCUT2D eigenvalue weighted by Crippen LogP contribution is 2.24. The van der Waals surface area contributed by atoms with Crippen LogP contribution in [0.1, 0.15) is 10.4 Å². The highest BCUT2D eigenvalue weighted by molar-refractivity contribution is 7.98. The summed E-state index contributed by atoms with van der Waals surface area (Å²) in [6.07, 6.45) is 1.77. The Morgan fingerprint density at radius 2 is 2.21 bits per heavy atom. The summed E-state index contributed by atoms with van der Waals surface area (Å²) >= 11 is 1.33. The third kappa shape index (κ3) is 4.23. The van der Waals surface area contributed by atoms with E-state index in [-0.39, 0.29) is 11.3 Å². The summed E-state index contributed by atoms with van der Waals surface area (Å²) in [6.45, 7) is -0.512. The van der Waals surface area contributed by atoms with Crippen LogP contribution in [0, 0.1) is 10.1 Å². The van der Waals surface area contributed by atoms with Crippen molar-refractivity contribution >= 4 is 29.3 Å². The molecule has 9 heteroatoms. The van der Waals surface area contributed by atoms with Crippen LogP contribution in [-0.4, -0.2) is 29.6 Å². The molecule has 1 rings (SSSR count). The minimum atomic E-state index is -0.816. The molecule has 0 bridgehead atoms. The minimum absolute atomic E-state index is 0.152. The normalized spacial score (nSPS) is 9.95. The molecule has 8 nitrogen and oxygen atoms in total. The van der Waals surface area contributed by atoms with Gasteiger partial charge in [-0.2, -0.15) is 0 Å². The Kier molecular flexibility index (Phi) is 5.27. The maximum Gasteiger partial charge on any atom is 0.282 e. The van der Waals surface area contributed by atoms with E-state index in [0.29, 0.717) is 4.90 Å². The number of carbonyl (C=O) groups excluding carboxylic acids is 2. The summed E-state index contributed by atoms with van der Waals surface area (Å²) in [6, 6.07) is 4.13. The van der Waals surface area contributed by atoms with Crippen molar-refractivity contribution in [3.05, 3.63) is 33.9 Å². The summed E-state index contributed by atoms with van der Waals surface area (Å²) in [5.41, 5.74) is 6.24. The molecule has 0 spiro atoms. The van der Waals surface area contributed by atoms with Crippen LogP contribution < -0.4 is 11.2 Å². The third-order valence-electron chi connectivity index (χ3n) is 2.02. The molecular weight excluding hydrogens is 274 g/mol. The molecule has 19 heavy (non-hydrogen) atoms. The first-order valence-corrected chi connectivity index (χ1v) is 6.21. The summed E-state index contributed by atoms with van der Waals surface area (Å²) in [7, 11) is 0. The number of nitro groups is 1. The van der Waals surface area contributed by atoms with Crippen LogP contribution in [0.5, 0.6) is 0 Å². The molecule has 3 N–H and O–H groups in total. The Morgan fingerprint density at radius 3 is 2.74 bits per heavy atom. The number of nitro benzene ring substituents is 1. The number of carbonyl (C=O) groups is 2. The van der Waals surface area contributed by atoms with Crippen LogP contribution in [0.2, 0.25) is 0 Å². The smallest absolute Gasteiger partial charge is 0.282 e. The van der Waals surface area contributed by atoms with Gasteiger partial charge in [-0.3, -0.25) is 24.5 Å². The van der Waals surface area contributed by atoms with Crippen molar-refractivity contribution in [1.29, 1.82) is 0 Å². The monoisotopic (exact) mass is 285 g/mol. The Hall–Kier alpha value is -2.13. The van der Waals surface area contributed by atoms with Gasteiger partial charge >= 0.3 is 0 Å². The summed E-state index contributed by atoms with van der Waals surface area (Å²) in [4.78, 5) is 37.5. The Bertz CT molecular complexity index is 520. The van der Waals surface area contributed by atoms with E-state index in [0.717, 1.165) is 0 Å². The van der Waals surface area contributed by atoms with Crippen molar-refractivity contribution in [2.75, 3.05) is 12.9 Å². The second kappa shape index (κ2) is 6.71. The van der Waals surface area contributed by atoms with Crippen LogP contribution in [0.3, 0.4) is 0 Å². The zero-order valence-electron chi connectivity index (χ0n) is 9.91. The predicted octanol–water partition coefficient (Wildman–Crippen LogP) is 0.463. The highest BCUT2D eigenvalue weighted by Gasteiger charge is 2.20. The number of nitrogens with one attached hydrogen (secondary N) is 1. The first kappa shape index (κ1) is 14.9. The van der Waals surface area contributed by atoms with Crippen LogP contribution in [0.15, 0.2) is 23.1 Å². The molecule has 0 saturated carbocycles. The Balaban J connectivity index is 2.92. The molecule has 0 fully saturated rings. The molecule has 0 unspecified atom stereocenters. The van der Waals surface area contributed by atoms with Crippen molar-refractivity contribution < 1.29 is 19.3 Å². The van der Waals surface area contributed by atoms with Crippen LogP contribution in [0.25, 0.3) is 0 Å². The van der Waals surface area contributed by atoms with Gasteiger partial charge in [0.05, 0.1) is 4.92 Å². The molecule has 0 aliphatic rings. The molecule has 0 aromatic heterocycles. The number of amides is 2. The van der Waals surface area contributed by atoms with Gasteiger partial charge in [0, 0.05) is 11.0 Å². The number of hydroxylamine groups is 1. The second-order valence-corrected chi connectivity index (χ2v) is 4.21. The molecule has 0 atom stereocenters. The van der Waals surface area contributed by atoms with E-state index >= 15 is 0 Å². The Labute approximate surface area is 112 Å². The van der Waals surface area contributed by atoms with Gasteiger partial charge in [0.15, 0.2) is 6.61 Å². The quantitative estimate of drug-likeness (QED) is 0.444. The van der Waals surface area contributed by atoms with Gasteiger partial charge in [-0.1, -0.05) is 0 Å². The number of rotatable bonds is 6. The number of hydrogen-bond acceptors (Lipinski definition) is 6. The SMILES string of the molecule is CSc1ccc([N+](=O)[O-])c(C(=O)NOCC(N)=O)c1. The van der Waals surface area contributed by atoms with E-state index in [1.807, 2.05) is 5.48 Å². The first-order valence-electron chi connectivity index (χ1n) is 4.98. The third-order valence-corrected chi connectivity index (χ3v) is 2.75. The van der Waals surface area contributed by atoms with E-state index in [9.17, 15) is 19.7 Å². The second-order valence-electron chi connectivity index (χ2n) is 3.33. The fourth-order valence-corrected chi connectivity index (χ4v) is 1.65. The zero-order chi connectivity index (χ0) is 14.4. The van der Waals surface area contributed by atoms with Gasteiger partial charge in [0.1, 0.15) is 5.56 Å². The maximum absolute atomic E-state index is 11.7. The summed E-state index contributed by atoms with van der Waals surface area (Å²) in [5, 5.41) is 10.8. The average Bonchev–Trinajstić information content (AvgIpc) is 2.37. The van der Waals surface area contributed by atoms with Gasteiger partial charge in [-0.15, -0.1) is 11.8 Å². The van der Waals surface area contributed by atoms with E-state index in [2.05, 4.69) is 4.84 Å². The lowest BCUT2D eigenvalue weighted by Crippen LogP contribution is -2.29. The maximum atomic E-state index is 11.7. The lowest BCUT2D eigenvalue weighted by atomic mass is 10.2. The number of primary amides is 1. The van der Waals surface area contributed by atoms with Gasteiger partial charge in [-0.05, 0) is 18.4 Å². The summed E-state index contributed by atoms with van der Waals surface area (Å²) in [5.74, 6) is -1.59. The standard InChI is InChI=1S/C10H11N3O5S/c1-19-6-2-3-8(13(16)17)7(4-6)10(15)12-18-5-9(11)14/h2-4H,5H2,1H3,(H2,11,14)(H,12,15). The number of benzene rings is 1. The van der Waals surface area contributed by atoms with E-state index < -0.39 is 23.3 Å². The summed E-state index contributed by atoms with van der Waals surface area (Å²) < 4.78 is 0. The molecule has 0 saturated heterocycles.